The fraction of sp³-hybridized carbons (Fsp3) is 0.235. The zero-order valence-electron chi connectivity index (χ0n) is 12.5. The third-order valence-electron chi connectivity index (χ3n) is 3.27. The third-order valence-corrected chi connectivity index (χ3v) is 3.27. The maximum absolute atomic E-state index is 12.0. The minimum absolute atomic E-state index is 0.0821. The molecule has 2 N–H and O–H groups in total. The van der Waals surface area contributed by atoms with Crippen LogP contribution in [0, 0.1) is 6.92 Å². The summed E-state index contributed by atoms with van der Waals surface area (Å²) in [4.78, 5) is 12.0. The van der Waals surface area contributed by atoms with Gasteiger partial charge in [0.1, 0.15) is 5.75 Å². The Balaban J connectivity index is 1.93. The zero-order valence-corrected chi connectivity index (χ0v) is 12.5. The number of benzene rings is 2. The topological polar surface area (TPSA) is 50.4 Å². The first-order chi connectivity index (χ1) is 10.1. The molecule has 0 saturated heterocycles. The van der Waals surface area contributed by atoms with Gasteiger partial charge in [-0.05, 0) is 43.7 Å². The molecule has 0 radical (unpaired) electrons. The van der Waals surface area contributed by atoms with E-state index in [1.54, 1.807) is 7.11 Å². The average Bonchev–Trinajstić information content (AvgIpc) is 2.49. The predicted octanol–water partition coefficient (Wildman–Crippen LogP) is 3.89. The summed E-state index contributed by atoms with van der Waals surface area (Å²) in [6.07, 6.45) is 0. The Hall–Kier alpha value is -2.49. The summed E-state index contributed by atoms with van der Waals surface area (Å²) >= 11 is 0. The molecule has 2 rings (SSSR count). The van der Waals surface area contributed by atoms with Crippen molar-refractivity contribution in [1.82, 2.24) is 5.32 Å². The first-order valence-electron chi connectivity index (χ1n) is 6.86. The standard InChI is InChI=1S/C17H20N2O2/c1-12-4-8-15(9-5-12)19-17(20)18-13(2)14-6-10-16(21-3)11-7-14/h4-11,13H,1-3H3,(H2,18,19,20)/t13-/m0/s1. The quantitative estimate of drug-likeness (QED) is 0.895. The van der Waals surface area contributed by atoms with Crippen LogP contribution in [-0.2, 0) is 0 Å². The number of methoxy groups -OCH3 is 1. The molecule has 0 spiro atoms. The van der Waals surface area contributed by atoms with Crippen LogP contribution in [0.25, 0.3) is 0 Å². The SMILES string of the molecule is COc1ccc([C@H](C)NC(=O)Nc2ccc(C)cc2)cc1. The second-order valence-corrected chi connectivity index (χ2v) is 4.96. The number of hydrogen-bond acceptors (Lipinski definition) is 2. The molecular weight excluding hydrogens is 264 g/mol. The van der Waals surface area contributed by atoms with Crippen LogP contribution in [-0.4, -0.2) is 13.1 Å². The second-order valence-electron chi connectivity index (χ2n) is 4.96. The average molecular weight is 284 g/mol. The van der Waals surface area contributed by atoms with E-state index in [-0.39, 0.29) is 12.1 Å². The third kappa shape index (κ3) is 4.24. The summed E-state index contributed by atoms with van der Waals surface area (Å²) in [6.45, 7) is 3.95. The van der Waals surface area contributed by atoms with Gasteiger partial charge in [0.25, 0.3) is 0 Å². The van der Waals surface area contributed by atoms with Crippen molar-refractivity contribution in [1.29, 1.82) is 0 Å². The molecule has 0 aliphatic heterocycles. The van der Waals surface area contributed by atoms with Crippen LogP contribution in [0.2, 0.25) is 0 Å². The highest BCUT2D eigenvalue weighted by Crippen LogP contribution is 2.17. The van der Waals surface area contributed by atoms with Crippen LogP contribution in [0.1, 0.15) is 24.1 Å². The number of amides is 2. The number of nitrogens with one attached hydrogen (secondary N) is 2. The molecule has 0 saturated carbocycles. The summed E-state index contributed by atoms with van der Waals surface area (Å²) in [5.41, 5.74) is 2.96. The largest absolute Gasteiger partial charge is 0.497 e. The summed E-state index contributed by atoms with van der Waals surface area (Å²) in [7, 11) is 1.63. The monoisotopic (exact) mass is 284 g/mol. The molecule has 21 heavy (non-hydrogen) atoms. The van der Waals surface area contributed by atoms with Gasteiger partial charge in [-0.1, -0.05) is 29.8 Å². The highest BCUT2D eigenvalue weighted by molar-refractivity contribution is 5.89. The molecule has 0 bridgehead atoms. The zero-order chi connectivity index (χ0) is 15.2. The van der Waals surface area contributed by atoms with E-state index in [1.165, 1.54) is 0 Å². The van der Waals surface area contributed by atoms with Gasteiger partial charge in [-0.3, -0.25) is 0 Å². The number of rotatable bonds is 4. The van der Waals surface area contributed by atoms with E-state index in [2.05, 4.69) is 10.6 Å². The van der Waals surface area contributed by atoms with Crippen molar-refractivity contribution >= 4 is 11.7 Å². The van der Waals surface area contributed by atoms with Crippen LogP contribution in [0.3, 0.4) is 0 Å². The van der Waals surface area contributed by atoms with E-state index in [9.17, 15) is 4.79 Å². The lowest BCUT2D eigenvalue weighted by molar-refractivity contribution is 0.249. The summed E-state index contributed by atoms with van der Waals surface area (Å²) < 4.78 is 5.12. The molecule has 0 unspecified atom stereocenters. The van der Waals surface area contributed by atoms with E-state index in [4.69, 9.17) is 4.74 Å². The van der Waals surface area contributed by atoms with Gasteiger partial charge in [0.15, 0.2) is 0 Å². The van der Waals surface area contributed by atoms with Gasteiger partial charge in [-0.25, -0.2) is 4.79 Å². The van der Waals surface area contributed by atoms with Crippen molar-refractivity contribution in [2.45, 2.75) is 19.9 Å². The van der Waals surface area contributed by atoms with E-state index < -0.39 is 0 Å². The maximum atomic E-state index is 12.0. The van der Waals surface area contributed by atoms with E-state index >= 15 is 0 Å². The van der Waals surface area contributed by atoms with Crippen molar-refractivity contribution in [3.8, 4) is 5.75 Å². The van der Waals surface area contributed by atoms with E-state index in [0.717, 1.165) is 22.6 Å². The summed E-state index contributed by atoms with van der Waals surface area (Å²) in [6, 6.07) is 15.0. The minimum Gasteiger partial charge on any atom is -0.497 e. The number of aryl methyl sites for hydroxylation is 1. The molecule has 110 valence electrons. The number of carbonyl (C=O) groups excluding carboxylic acids is 1. The molecule has 4 heteroatoms. The molecule has 0 aliphatic carbocycles. The van der Waals surface area contributed by atoms with Crippen molar-refractivity contribution in [2.75, 3.05) is 12.4 Å². The summed E-state index contributed by atoms with van der Waals surface area (Å²) in [5.74, 6) is 0.801. The molecule has 0 aromatic heterocycles. The molecule has 0 fully saturated rings. The molecule has 1 atom stereocenters. The smallest absolute Gasteiger partial charge is 0.319 e. The Morgan fingerprint density at radius 2 is 1.67 bits per heavy atom. The Morgan fingerprint density at radius 3 is 2.24 bits per heavy atom. The number of carbonyl (C=O) groups is 1. The van der Waals surface area contributed by atoms with Gasteiger partial charge in [-0.2, -0.15) is 0 Å². The van der Waals surface area contributed by atoms with Crippen molar-refractivity contribution in [3.63, 3.8) is 0 Å². The number of ether oxygens (including phenoxy) is 1. The lowest BCUT2D eigenvalue weighted by Gasteiger charge is -2.15. The maximum Gasteiger partial charge on any atom is 0.319 e. The number of anilines is 1. The second kappa shape index (κ2) is 6.79. The lowest BCUT2D eigenvalue weighted by Crippen LogP contribution is -2.31. The normalized spacial score (nSPS) is 11.6. The Labute approximate surface area is 125 Å². The highest BCUT2D eigenvalue weighted by atomic mass is 16.5. The molecule has 4 nitrogen and oxygen atoms in total. The van der Waals surface area contributed by atoms with Crippen LogP contribution in [0.5, 0.6) is 5.75 Å². The Morgan fingerprint density at radius 1 is 1.05 bits per heavy atom. The van der Waals surface area contributed by atoms with Crippen LogP contribution in [0.4, 0.5) is 10.5 Å². The molecular formula is C17H20N2O2. The highest BCUT2D eigenvalue weighted by Gasteiger charge is 2.09. The molecule has 2 amide bonds. The Kier molecular flexibility index (Phi) is 4.82. The molecule has 0 heterocycles. The lowest BCUT2D eigenvalue weighted by atomic mass is 10.1. The van der Waals surface area contributed by atoms with E-state index in [1.807, 2.05) is 62.4 Å². The van der Waals surface area contributed by atoms with Crippen molar-refractivity contribution in [3.05, 3.63) is 59.7 Å². The van der Waals surface area contributed by atoms with Gasteiger partial charge < -0.3 is 15.4 Å². The number of urea groups is 1. The first kappa shape index (κ1) is 14.9. The van der Waals surface area contributed by atoms with Crippen LogP contribution < -0.4 is 15.4 Å². The molecule has 0 aliphatic rings. The minimum atomic E-state index is -0.220. The predicted molar refractivity (Wildman–Crippen MR) is 84.7 cm³/mol. The summed E-state index contributed by atoms with van der Waals surface area (Å²) in [5, 5.41) is 5.72. The van der Waals surface area contributed by atoms with Crippen molar-refractivity contribution in [2.24, 2.45) is 0 Å². The van der Waals surface area contributed by atoms with E-state index in [0.29, 0.717) is 0 Å². The fourth-order valence-corrected chi connectivity index (χ4v) is 1.98. The van der Waals surface area contributed by atoms with Gasteiger partial charge in [-0.15, -0.1) is 0 Å². The first-order valence-corrected chi connectivity index (χ1v) is 6.86. The van der Waals surface area contributed by atoms with Gasteiger partial charge in [0.05, 0.1) is 13.2 Å². The Bertz CT molecular complexity index is 591. The molecule has 2 aromatic carbocycles. The van der Waals surface area contributed by atoms with Crippen LogP contribution >= 0.6 is 0 Å². The van der Waals surface area contributed by atoms with Gasteiger partial charge >= 0.3 is 6.03 Å². The fourth-order valence-electron chi connectivity index (χ4n) is 1.98. The van der Waals surface area contributed by atoms with Crippen molar-refractivity contribution < 1.29 is 9.53 Å². The van der Waals surface area contributed by atoms with Crippen LogP contribution in [0.15, 0.2) is 48.5 Å². The molecule has 2 aromatic rings. The van der Waals surface area contributed by atoms with Gasteiger partial charge in [0.2, 0.25) is 0 Å². The number of hydrogen-bond donors (Lipinski definition) is 2. The van der Waals surface area contributed by atoms with Gasteiger partial charge in [0, 0.05) is 5.69 Å².